The molecular formula is C24H21NO3S. The van der Waals surface area contributed by atoms with E-state index in [1.165, 1.54) is 0 Å². The van der Waals surface area contributed by atoms with Crippen LogP contribution < -0.4 is 4.90 Å². The van der Waals surface area contributed by atoms with E-state index in [2.05, 4.69) is 0 Å². The van der Waals surface area contributed by atoms with Gasteiger partial charge in [0, 0.05) is 5.69 Å². The summed E-state index contributed by atoms with van der Waals surface area (Å²) in [6.07, 6.45) is 4.41. The van der Waals surface area contributed by atoms with Gasteiger partial charge < -0.3 is 4.90 Å². The molecule has 1 atom stereocenters. The van der Waals surface area contributed by atoms with Gasteiger partial charge in [0.2, 0.25) is 5.91 Å². The molecule has 1 fully saturated rings. The number of amides is 1. The summed E-state index contributed by atoms with van der Waals surface area (Å²) in [5.41, 5.74) is 2.35. The number of carbonyl (C=O) groups is 1. The molecule has 0 N–H and O–H groups in total. The van der Waals surface area contributed by atoms with Crippen LogP contribution in [-0.2, 0) is 20.4 Å². The zero-order valence-corrected chi connectivity index (χ0v) is 16.6. The molecule has 29 heavy (non-hydrogen) atoms. The Bertz CT molecular complexity index is 1140. The summed E-state index contributed by atoms with van der Waals surface area (Å²) in [5.74, 6) is -0.149. The molecule has 3 aromatic carbocycles. The third-order valence-electron chi connectivity index (χ3n) is 4.99. The quantitative estimate of drug-likeness (QED) is 0.570. The Hall–Kier alpha value is -3.18. The standard InChI is InChI=1S/C24H21NO3S/c26-24-17-21(16-15-19-9-3-1-4-10-19)25(24)23-14-8-7-11-20(23)18-29(27,28)22-12-5-2-6-13-22/h1-16,21H,17-18H2/b16-15+. The first kappa shape index (κ1) is 19.2. The fourth-order valence-corrected chi connectivity index (χ4v) is 4.87. The van der Waals surface area contributed by atoms with Gasteiger partial charge in [-0.1, -0.05) is 78.9 Å². The van der Waals surface area contributed by atoms with Crippen molar-refractivity contribution in [1.82, 2.24) is 0 Å². The summed E-state index contributed by atoms with van der Waals surface area (Å²) in [5, 5.41) is 0. The van der Waals surface area contributed by atoms with E-state index >= 15 is 0 Å². The van der Waals surface area contributed by atoms with Crippen LogP contribution in [0.2, 0.25) is 0 Å². The van der Waals surface area contributed by atoms with E-state index in [0.29, 0.717) is 17.7 Å². The molecule has 4 rings (SSSR count). The lowest BCUT2D eigenvalue weighted by Gasteiger charge is -2.39. The fourth-order valence-electron chi connectivity index (χ4n) is 3.48. The summed E-state index contributed by atoms with van der Waals surface area (Å²) in [7, 11) is -3.50. The Labute approximate surface area is 171 Å². The van der Waals surface area contributed by atoms with Crippen LogP contribution in [0.3, 0.4) is 0 Å². The fraction of sp³-hybridized carbons (Fsp3) is 0.125. The number of hydrogen-bond donors (Lipinski definition) is 0. The van der Waals surface area contributed by atoms with Crippen molar-refractivity contribution >= 4 is 27.5 Å². The lowest BCUT2D eigenvalue weighted by molar-refractivity contribution is -0.123. The van der Waals surface area contributed by atoms with Crippen molar-refractivity contribution in [2.45, 2.75) is 23.1 Å². The van der Waals surface area contributed by atoms with Crippen molar-refractivity contribution in [3.05, 3.63) is 102 Å². The van der Waals surface area contributed by atoms with Gasteiger partial charge in [-0.15, -0.1) is 0 Å². The van der Waals surface area contributed by atoms with Gasteiger partial charge in [0.15, 0.2) is 9.84 Å². The zero-order valence-electron chi connectivity index (χ0n) is 15.8. The Morgan fingerprint density at radius 2 is 1.48 bits per heavy atom. The second-order valence-corrected chi connectivity index (χ2v) is 9.00. The Kier molecular flexibility index (Phi) is 5.32. The minimum atomic E-state index is -3.50. The summed E-state index contributed by atoms with van der Waals surface area (Å²) in [4.78, 5) is 14.4. The highest BCUT2D eigenvalue weighted by Crippen LogP contribution is 2.33. The maximum atomic E-state index is 12.8. The minimum absolute atomic E-state index is 0.00253. The molecule has 1 aliphatic heterocycles. The number of benzene rings is 3. The van der Waals surface area contributed by atoms with E-state index < -0.39 is 9.84 Å². The Morgan fingerprint density at radius 1 is 0.862 bits per heavy atom. The number of anilines is 1. The molecule has 1 amide bonds. The van der Waals surface area contributed by atoms with E-state index in [4.69, 9.17) is 0 Å². The summed E-state index contributed by atoms with van der Waals surface area (Å²) >= 11 is 0. The first-order valence-corrected chi connectivity index (χ1v) is 11.1. The van der Waals surface area contributed by atoms with Gasteiger partial charge in [0.25, 0.3) is 0 Å². The molecule has 5 heteroatoms. The second-order valence-electron chi connectivity index (χ2n) is 7.01. The molecule has 3 aromatic rings. The predicted octanol–water partition coefficient (Wildman–Crippen LogP) is 4.48. The molecule has 0 spiro atoms. The van der Waals surface area contributed by atoms with E-state index in [9.17, 15) is 13.2 Å². The van der Waals surface area contributed by atoms with Crippen molar-refractivity contribution < 1.29 is 13.2 Å². The predicted molar refractivity (Wildman–Crippen MR) is 115 cm³/mol. The Morgan fingerprint density at radius 3 is 2.17 bits per heavy atom. The number of nitrogens with zero attached hydrogens (tertiary/aromatic N) is 1. The maximum Gasteiger partial charge on any atom is 0.229 e. The third kappa shape index (κ3) is 4.15. The monoisotopic (exact) mass is 403 g/mol. The second kappa shape index (κ2) is 8.05. The van der Waals surface area contributed by atoms with Crippen molar-refractivity contribution in [3.63, 3.8) is 0 Å². The Balaban J connectivity index is 1.60. The molecule has 146 valence electrons. The first-order valence-electron chi connectivity index (χ1n) is 9.46. The summed E-state index contributed by atoms with van der Waals surface area (Å²) < 4.78 is 25.7. The van der Waals surface area contributed by atoms with Crippen molar-refractivity contribution in [2.75, 3.05) is 4.90 Å². The molecule has 1 aliphatic rings. The van der Waals surface area contributed by atoms with E-state index in [1.807, 2.05) is 54.6 Å². The molecule has 0 aliphatic carbocycles. The molecule has 0 bridgehead atoms. The normalized spacial score (nSPS) is 16.8. The number of hydrogen-bond acceptors (Lipinski definition) is 3. The van der Waals surface area contributed by atoms with E-state index in [0.717, 1.165) is 5.56 Å². The van der Waals surface area contributed by atoms with Gasteiger partial charge in [0.1, 0.15) is 0 Å². The molecule has 0 radical (unpaired) electrons. The van der Waals surface area contributed by atoms with Crippen LogP contribution in [0.15, 0.2) is 95.9 Å². The largest absolute Gasteiger partial charge is 0.305 e. The van der Waals surface area contributed by atoms with Crippen molar-refractivity contribution in [1.29, 1.82) is 0 Å². The number of rotatable bonds is 6. The van der Waals surface area contributed by atoms with Crippen molar-refractivity contribution in [2.24, 2.45) is 0 Å². The molecule has 4 nitrogen and oxygen atoms in total. The van der Waals surface area contributed by atoms with Crippen LogP contribution in [0, 0.1) is 0 Å². The maximum absolute atomic E-state index is 12.8. The van der Waals surface area contributed by atoms with E-state index in [-0.39, 0.29) is 22.6 Å². The van der Waals surface area contributed by atoms with Crippen LogP contribution in [0.5, 0.6) is 0 Å². The molecule has 1 unspecified atom stereocenters. The highest BCUT2D eigenvalue weighted by atomic mass is 32.2. The number of sulfone groups is 1. The van der Waals surface area contributed by atoms with Gasteiger partial charge >= 0.3 is 0 Å². The van der Waals surface area contributed by atoms with Crippen LogP contribution in [0.1, 0.15) is 17.5 Å². The van der Waals surface area contributed by atoms with Gasteiger partial charge in [-0.25, -0.2) is 8.42 Å². The number of carbonyl (C=O) groups excluding carboxylic acids is 1. The van der Waals surface area contributed by atoms with Crippen molar-refractivity contribution in [3.8, 4) is 0 Å². The van der Waals surface area contributed by atoms with Crippen LogP contribution in [0.4, 0.5) is 5.69 Å². The SMILES string of the molecule is O=C1CC(/C=C/c2ccccc2)N1c1ccccc1CS(=O)(=O)c1ccccc1. The molecular weight excluding hydrogens is 382 g/mol. The van der Waals surface area contributed by atoms with E-state index in [1.54, 1.807) is 47.4 Å². The lowest BCUT2D eigenvalue weighted by Crippen LogP contribution is -2.52. The molecule has 1 saturated heterocycles. The van der Waals surface area contributed by atoms with Crippen LogP contribution >= 0.6 is 0 Å². The number of β-lactam (4-membered cyclic amide) rings is 1. The highest BCUT2D eigenvalue weighted by molar-refractivity contribution is 7.90. The topological polar surface area (TPSA) is 54.5 Å². The average molecular weight is 404 g/mol. The highest BCUT2D eigenvalue weighted by Gasteiger charge is 2.36. The third-order valence-corrected chi connectivity index (χ3v) is 6.67. The zero-order chi connectivity index (χ0) is 20.3. The minimum Gasteiger partial charge on any atom is -0.305 e. The smallest absolute Gasteiger partial charge is 0.229 e. The summed E-state index contributed by atoms with van der Waals surface area (Å²) in [6, 6.07) is 25.4. The average Bonchev–Trinajstić information content (AvgIpc) is 2.73. The molecule has 0 saturated carbocycles. The summed E-state index contributed by atoms with van der Waals surface area (Å²) in [6.45, 7) is 0. The van der Waals surface area contributed by atoms with Crippen LogP contribution in [0.25, 0.3) is 6.08 Å². The lowest BCUT2D eigenvalue weighted by atomic mass is 9.97. The van der Waals surface area contributed by atoms with Crippen LogP contribution in [-0.4, -0.2) is 20.4 Å². The number of para-hydroxylation sites is 1. The first-order chi connectivity index (χ1) is 14.0. The van der Waals surface area contributed by atoms with Gasteiger partial charge in [0.05, 0.1) is 23.1 Å². The van der Waals surface area contributed by atoms with Gasteiger partial charge in [-0.2, -0.15) is 0 Å². The molecule has 0 aromatic heterocycles. The van der Waals surface area contributed by atoms with Gasteiger partial charge in [-0.3, -0.25) is 4.79 Å². The molecule has 1 heterocycles. The van der Waals surface area contributed by atoms with Gasteiger partial charge in [-0.05, 0) is 29.3 Å².